The summed E-state index contributed by atoms with van der Waals surface area (Å²) in [6.45, 7) is 0. The summed E-state index contributed by atoms with van der Waals surface area (Å²) >= 11 is 0. The highest BCUT2D eigenvalue weighted by molar-refractivity contribution is 5.99. The molecule has 2 aromatic rings. The van der Waals surface area contributed by atoms with Gasteiger partial charge in [-0.15, -0.1) is 0 Å². The number of carbonyl (C=O) groups excluding carboxylic acids is 2. The third-order valence-corrected chi connectivity index (χ3v) is 2.58. The largest absolute Gasteiger partial charge is 0.465 e. The number of rotatable bonds is 3. The zero-order valence-corrected chi connectivity index (χ0v) is 11.1. The molecule has 0 saturated heterocycles. The van der Waals surface area contributed by atoms with Crippen LogP contribution in [0.1, 0.15) is 10.4 Å². The average Bonchev–Trinajstić information content (AvgIpc) is 2.47. The molecule has 0 aliphatic heterocycles. The number of ether oxygens (including phenoxy) is 2. The molecule has 2 aromatic carbocycles. The minimum absolute atomic E-state index is 0.0252. The number of halogens is 1. The fraction of sp³-hybridized carbons (Fsp3) is 0.0667. The zero-order valence-electron chi connectivity index (χ0n) is 11.1. The van der Waals surface area contributed by atoms with Crippen LogP contribution >= 0.6 is 0 Å². The van der Waals surface area contributed by atoms with E-state index in [9.17, 15) is 14.0 Å². The Morgan fingerprint density at radius 1 is 1.10 bits per heavy atom. The summed E-state index contributed by atoms with van der Waals surface area (Å²) in [6, 6.07) is 11.7. The molecule has 0 aliphatic carbocycles. The Hall–Kier alpha value is -2.89. The Morgan fingerprint density at radius 2 is 1.81 bits per heavy atom. The first-order chi connectivity index (χ1) is 10.1. The third-order valence-electron chi connectivity index (χ3n) is 2.58. The van der Waals surface area contributed by atoms with Crippen LogP contribution < -0.4 is 10.1 Å². The molecule has 2 rings (SSSR count). The molecule has 108 valence electrons. The standard InChI is InChI=1S/C15H12FNO4/c1-20-14(18)12-8-7-10(16)9-13(12)17-15(19)21-11-5-3-2-4-6-11/h2-9H,1H3,(H,17,19). The Morgan fingerprint density at radius 3 is 2.48 bits per heavy atom. The lowest BCUT2D eigenvalue weighted by Crippen LogP contribution is -2.19. The average molecular weight is 289 g/mol. The van der Waals surface area contributed by atoms with Crippen molar-refractivity contribution in [2.75, 3.05) is 12.4 Å². The van der Waals surface area contributed by atoms with Crippen LogP contribution in [0.15, 0.2) is 48.5 Å². The first-order valence-corrected chi connectivity index (χ1v) is 6.02. The molecule has 1 N–H and O–H groups in total. The van der Waals surface area contributed by atoms with Crippen molar-refractivity contribution in [1.82, 2.24) is 0 Å². The van der Waals surface area contributed by atoms with E-state index < -0.39 is 17.9 Å². The molecule has 0 radical (unpaired) electrons. The van der Waals surface area contributed by atoms with Crippen LogP contribution in [0.25, 0.3) is 0 Å². The number of esters is 1. The van der Waals surface area contributed by atoms with Crippen molar-refractivity contribution in [3.05, 3.63) is 59.9 Å². The Bertz CT molecular complexity index is 658. The number of nitrogens with one attached hydrogen (secondary N) is 1. The predicted octanol–water partition coefficient (Wildman–Crippen LogP) is 3.22. The molecule has 0 spiro atoms. The van der Waals surface area contributed by atoms with Gasteiger partial charge in [0.15, 0.2) is 0 Å². The molecule has 21 heavy (non-hydrogen) atoms. The van der Waals surface area contributed by atoms with Crippen molar-refractivity contribution in [2.45, 2.75) is 0 Å². The lowest BCUT2D eigenvalue weighted by molar-refractivity contribution is 0.0602. The molecule has 0 fully saturated rings. The van der Waals surface area contributed by atoms with Gasteiger partial charge < -0.3 is 9.47 Å². The fourth-order valence-corrected chi connectivity index (χ4v) is 1.64. The van der Waals surface area contributed by atoms with E-state index in [4.69, 9.17) is 4.74 Å². The first-order valence-electron chi connectivity index (χ1n) is 6.02. The number of hydrogen-bond donors (Lipinski definition) is 1. The monoisotopic (exact) mass is 289 g/mol. The van der Waals surface area contributed by atoms with Gasteiger partial charge in [-0.2, -0.15) is 0 Å². The summed E-state index contributed by atoms with van der Waals surface area (Å²) < 4.78 is 22.8. The zero-order chi connectivity index (χ0) is 15.2. The predicted molar refractivity (Wildman–Crippen MR) is 73.8 cm³/mol. The van der Waals surface area contributed by atoms with E-state index in [1.165, 1.54) is 13.2 Å². The molecule has 0 saturated carbocycles. The molecular formula is C15H12FNO4. The fourth-order valence-electron chi connectivity index (χ4n) is 1.64. The van der Waals surface area contributed by atoms with E-state index in [2.05, 4.69) is 10.1 Å². The summed E-state index contributed by atoms with van der Waals surface area (Å²) in [4.78, 5) is 23.3. The van der Waals surface area contributed by atoms with E-state index in [0.717, 1.165) is 12.1 Å². The minimum atomic E-state index is -0.836. The normalized spacial score (nSPS) is 9.81. The van der Waals surface area contributed by atoms with E-state index in [1.54, 1.807) is 30.3 Å². The first kappa shape index (κ1) is 14.5. The van der Waals surface area contributed by atoms with Crippen LogP contribution in [0.2, 0.25) is 0 Å². The number of benzene rings is 2. The molecule has 0 bridgehead atoms. The summed E-state index contributed by atoms with van der Waals surface area (Å²) in [6.07, 6.45) is -0.836. The lowest BCUT2D eigenvalue weighted by atomic mass is 10.2. The molecular weight excluding hydrogens is 277 g/mol. The van der Waals surface area contributed by atoms with Crippen molar-refractivity contribution < 1.29 is 23.5 Å². The van der Waals surface area contributed by atoms with Crippen LogP contribution in [-0.4, -0.2) is 19.2 Å². The molecule has 1 amide bonds. The smallest absolute Gasteiger partial charge is 0.417 e. The number of carbonyl (C=O) groups is 2. The van der Waals surface area contributed by atoms with Crippen molar-refractivity contribution in [3.63, 3.8) is 0 Å². The second-order valence-electron chi connectivity index (χ2n) is 4.01. The van der Waals surface area contributed by atoms with Gasteiger partial charge in [0.25, 0.3) is 0 Å². The van der Waals surface area contributed by atoms with E-state index in [1.807, 2.05) is 0 Å². The van der Waals surface area contributed by atoms with Crippen LogP contribution in [0.3, 0.4) is 0 Å². The van der Waals surface area contributed by atoms with E-state index >= 15 is 0 Å². The molecule has 0 atom stereocenters. The second kappa shape index (κ2) is 6.51. The van der Waals surface area contributed by atoms with Crippen molar-refractivity contribution in [2.24, 2.45) is 0 Å². The lowest BCUT2D eigenvalue weighted by Gasteiger charge is -2.10. The van der Waals surface area contributed by atoms with Crippen molar-refractivity contribution in [1.29, 1.82) is 0 Å². The number of para-hydroxylation sites is 1. The second-order valence-corrected chi connectivity index (χ2v) is 4.01. The number of anilines is 1. The molecule has 0 unspecified atom stereocenters. The van der Waals surface area contributed by atoms with Gasteiger partial charge in [0.05, 0.1) is 18.4 Å². The van der Waals surface area contributed by atoms with Gasteiger partial charge in [-0.1, -0.05) is 18.2 Å². The SMILES string of the molecule is COC(=O)c1ccc(F)cc1NC(=O)Oc1ccccc1. The van der Waals surface area contributed by atoms with Gasteiger partial charge in [0, 0.05) is 0 Å². The van der Waals surface area contributed by atoms with E-state index in [-0.39, 0.29) is 11.3 Å². The summed E-state index contributed by atoms with van der Waals surface area (Å²) in [5.74, 6) is -0.964. The molecule has 0 heterocycles. The summed E-state index contributed by atoms with van der Waals surface area (Å²) in [5, 5.41) is 2.31. The number of methoxy groups -OCH3 is 1. The minimum Gasteiger partial charge on any atom is -0.465 e. The quantitative estimate of drug-likeness (QED) is 0.881. The highest BCUT2D eigenvalue weighted by Crippen LogP contribution is 2.19. The third kappa shape index (κ3) is 3.79. The van der Waals surface area contributed by atoms with Crippen LogP contribution in [0.4, 0.5) is 14.9 Å². The maximum Gasteiger partial charge on any atom is 0.417 e. The van der Waals surface area contributed by atoms with Crippen LogP contribution in [0.5, 0.6) is 5.75 Å². The number of amides is 1. The van der Waals surface area contributed by atoms with Gasteiger partial charge >= 0.3 is 12.1 Å². The molecule has 5 nitrogen and oxygen atoms in total. The van der Waals surface area contributed by atoms with Gasteiger partial charge in [-0.25, -0.2) is 14.0 Å². The summed E-state index contributed by atoms with van der Waals surface area (Å²) in [5.41, 5.74) is 0.00620. The summed E-state index contributed by atoms with van der Waals surface area (Å²) in [7, 11) is 1.19. The van der Waals surface area contributed by atoms with Crippen LogP contribution in [0, 0.1) is 5.82 Å². The van der Waals surface area contributed by atoms with Crippen molar-refractivity contribution >= 4 is 17.7 Å². The van der Waals surface area contributed by atoms with Gasteiger partial charge in [-0.05, 0) is 30.3 Å². The number of hydrogen-bond acceptors (Lipinski definition) is 4. The molecule has 6 heteroatoms. The Kier molecular flexibility index (Phi) is 4.50. The Labute approximate surface area is 120 Å². The van der Waals surface area contributed by atoms with Gasteiger partial charge in [-0.3, -0.25) is 5.32 Å². The van der Waals surface area contributed by atoms with E-state index in [0.29, 0.717) is 5.75 Å². The highest BCUT2D eigenvalue weighted by Gasteiger charge is 2.15. The molecule has 0 aromatic heterocycles. The van der Waals surface area contributed by atoms with Crippen molar-refractivity contribution in [3.8, 4) is 5.75 Å². The highest BCUT2D eigenvalue weighted by atomic mass is 19.1. The maximum atomic E-state index is 13.2. The topological polar surface area (TPSA) is 64.6 Å². The Balaban J connectivity index is 2.16. The maximum absolute atomic E-state index is 13.2. The van der Waals surface area contributed by atoms with Gasteiger partial charge in [0.1, 0.15) is 11.6 Å². The van der Waals surface area contributed by atoms with Gasteiger partial charge in [0.2, 0.25) is 0 Å². The molecule has 0 aliphatic rings. The van der Waals surface area contributed by atoms with Crippen LogP contribution in [-0.2, 0) is 4.74 Å².